The van der Waals surface area contributed by atoms with Crippen molar-refractivity contribution in [3.8, 4) is 0 Å². The average molecular weight is 478 g/mol. The van der Waals surface area contributed by atoms with Gasteiger partial charge < -0.3 is 9.69 Å². The summed E-state index contributed by atoms with van der Waals surface area (Å²) in [5.74, 6) is 0.408. The Hall–Kier alpha value is -1.49. The fourth-order valence-corrected chi connectivity index (χ4v) is 5.09. The van der Waals surface area contributed by atoms with Crippen molar-refractivity contribution < 1.29 is 26.4 Å². The highest BCUT2D eigenvalue weighted by atomic mass is 32.2. The fraction of sp³-hybridized carbons (Fsp3) is 0.682. The minimum atomic E-state index is -4.34. The van der Waals surface area contributed by atoms with Crippen molar-refractivity contribution >= 4 is 16.3 Å². The van der Waals surface area contributed by atoms with Crippen LogP contribution in [-0.4, -0.2) is 69.1 Å². The molecule has 1 saturated heterocycles. The number of likely N-dealkylation sites (N-methyl/N-ethyl adjacent to an activating group) is 1. The highest BCUT2D eigenvalue weighted by molar-refractivity contribution is 7.88. The third kappa shape index (κ3) is 8.46. The average Bonchev–Trinajstić information content (AvgIpc) is 2.70. The van der Waals surface area contributed by atoms with Gasteiger partial charge in [0.15, 0.2) is 0 Å². The zero-order valence-electron chi connectivity index (χ0n) is 18.9. The molecule has 0 aromatic heterocycles. The first-order chi connectivity index (χ1) is 14.9. The molecule has 0 amide bonds. The Morgan fingerprint density at radius 3 is 2.47 bits per heavy atom. The van der Waals surface area contributed by atoms with Crippen molar-refractivity contribution in [3.05, 3.63) is 35.4 Å². The molecule has 32 heavy (non-hydrogen) atoms. The topological polar surface area (TPSA) is 69.7 Å². The summed E-state index contributed by atoms with van der Waals surface area (Å²) in [5.41, 5.74) is 0.0503. The lowest BCUT2D eigenvalue weighted by molar-refractivity contribution is -0.137. The standard InChI is InChI=1S/C22H34F3N3O3S/c1-4-27(17(2)14-19-6-5-7-20(15-19)22(23,24)25)16-18-8-11-28(12-9-18)21(10-13-29)26-32(3,30)31/h5-7,13,15,17-18,21,26H,4,8-12,14,16H2,1-3H3. The number of rotatable bonds is 11. The molecule has 0 saturated carbocycles. The van der Waals surface area contributed by atoms with E-state index in [1.165, 1.54) is 12.1 Å². The third-order valence-corrected chi connectivity index (χ3v) is 6.77. The van der Waals surface area contributed by atoms with E-state index in [9.17, 15) is 26.4 Å². The Kier molecular flexibility index (Phi) is 9.68. The van der Waals surface area contributed by atoms with E-state index in [4.69, 9.17) is 0 Å². The number of carbonyl (C=O) groups is 1. The Morgan fingerprint density at radius 2 is 1.94 bits per heavy atom. The van der Waals surface area contributed by atoms with Crippen LogP contribution in [0.5, 0.6) is 0 Å². The number of aldehydes is 1. The number of nitrogens with zero attached hydrogens (tertiary/aromatic N) is 2. The molecular formula is C22H34F3N3O3S. The van der Waals surface area contributed by atoms with Crippen LogP contribution in [-0.2, 0) is 27.4 Å². The van der Waals surface area contributed by atoms with Gasteiger partial charge in [0.1, 0.15) is 6.29 Å². The number of halogens is 3. The molecule has 0 aliphatic carbocycles. The number of piperidine rings is 1. The van der Waals surface area contributed by atoms with Crippen LogP contribution in [0.25, 0.3) is 0 Å². The van der Waals surface area contributed by atoms with Gasteiger partial charge in [-0.2, -0.15) is 17.9 Å². The van der Waals surface area contributed by atoms with E-state index < -0.39 is 27.9 Å². The first kappa shape index (κ1) is 26.8. The predicted molar refractivity (Wildman–Crippen MR) is 119 cm³/mol. The second-order valence-electron chi connectivity index (χ2n) is 8.63. The molecule has 2 rings (SSSR count). The van der Waals surface area contributed by atoms with Gasteiger partial charge in [-0.3, -0.25) is 4.90 Å². The number of nitrogens with one attached hydrogen (secondary N) is 1. The van der Waals surface area contributed by atoms with E-state index in [1.54, 1.807) is 6.07 Å². The molecule has 10 heteroatoms. The van der Waals surface area contributed by atoms with Gasteiger partial charge in [-0.1, -0.05) is 25.1 Å². The number of carbonyl (C=O) groups excluding carboxylic acids is 1. The zero-order valence-corrected chi connectivity index (χ0v) is 19.8. The van der Waals surface area contributed by atoms with Crippen LogP contribution in [0.3, 0.4) is 0 Å². The normalized spacial score (nSPS) is 18.6. The number of sulfonamides is 1. The number of alkyl halides is 3. The van der Waals surface area contributed by atoms with E-state index in [2.05, 4.69) is 9.62 Å². The van der Waals surface area contributed by atoms with Crippen molar-refractivity contribution in [2.75, 3.05) is 32.4 Å². The number of hydrogen-bond acceptors (Lipinski definition) is 5. The lowest BCUT2D eigenvalue weighted by Crippen LogP contribution is -2.52. The summed E-state index contributed by atoms with van der Waals surface area (Å²) >= 11 is 0. The van der Waals surface area contributed by atoms with Gasteiger partial charge >= 0.3 is 6.18 Å². The molecule has 1 aromatic carbocycles. The quantitative estimate of drug-likeness (QED) is 0.496. The molecule has 1 aliphatic rings. The van der Waals surface area contributed by atoms with E-state index in [0.29, 0.717) is 31.0 Å². The number of benzene rings is 1. The van der Waals surface area contributed by atoms with E-state index in [0.717, 1.165) is 44.5 Å². The molecule has 1 aromatic rings. The van der Waals surface area contributed by atoms with Gasteiger partial charge in [0.25, 0.3) is 0 Å². The minimum Gasteiger partial charge on any atom is -0.303 e. The van der Waals surface area contributed by atoms with Gasteiger partial charge in [-0.05, 0) is 63.4 Å². The molecule has 6 nitrogen and oxygen atoms in total. The maximum atomic E-state index is 13.0. The number of likely N-dealkylation sites (tertiary alicyclic amines) is 1. The van der Waals surface area contributed by atoms with Crippen molar-refractivity contribution in [2.24, 2.45) is 5.92 Å². The van der Waals surface area contributed by atoms with Gasteiger partial charge in [0.2, 0.25) is 10.0 Å². The molecule has 2 unspecified atom stereocenters. The van der Waals surface area contributed by atoms with Crippen LogP contribution in [0, 0.1) is 5.92 Å². The molecule has 1 N–H and O–H groups in total. The predicted octanol–water partition coefficient (Wildman–Crippen LogP) is 3.13. The molecule has 1 aliphatic heterocycles. The molecule has 182 valence electrons. The third-order valence-electron chi connectivity index (χ3n) is 6.07. The molecular weight excluding hydrogens is 443 g/mol. The van der Waals surface area contributed by atoms with Crippen molar-refractivity contribution in [1.29, 1.82) is 0 Å². The van der Waals surface area contributed by atoms with Crippen LogP contribution in [0.2, 0.25) is 0 Å². The second kappa shape index (κ2) is 11.6. The fourth-order valence-electron chi connectivity index (χ4n) is 4.35. The highest BCUT2D eigenvalue weighted by Gasteiger charge is 2.31. The zero-order chi connectivity index (χ0) is 23.9. The lowest BCUT2D eigenvalue weighted by atomic mass is 9.94. The SMILES string of the molecule is CCN(CC1CCN(C(CC=O)NS(C)(=O)=O)CC1)C(C)Cc1cccc(C(F)(F)F)c1. The van der Waals surface area contributed by atoms with E-state index in [-0.39, 0.29) is 12.5 Å². The number of hydrogen-bond donors (Lipinski definition) is 1. The Balaban J connectivity index is 1.92. The summed E-state index contributed by atoms with van der Waals surface area (Å²) in [6.07, 6.45) is -0.674. The van der Waals surface area contributed by atoms with Crippen LogP contribution in [0.1, 0.15) is 44.2 Å². The Morgan fingerprint density at radius 1 is 1.28 bits per heavy atom. The summed E-state index contributed by atoms with van der Waals surface area (Å²) in [4.78, 5) is 15.2. The van der Waals surface area contributed by atoms with Crippen molar-refractivity contribution in [2.45, 2.75) is 57.9 Å². The Labute approximate surface area is 189 Å². The molecule has 1 heterocycles. The lowest BCUT2D eigenvalue weighted by Gasteiger charge is -2.39. The van der Waals surface area contributed by atoms with E-state index in [1.807, 2.05) is 18.7 Å². The molecule has 1 fully saturated rings. The molecule has 2 atom stereocenters. The second-order valence-corrected chi connectivity index (χ2v) is 10.4. The first-order valence-electron chi connectivity index (χ1n) is 11.0. The first-order valence-corrected chi connectivity index (χ1v) is 12.9. The highest BCUT2D eigenvalue weighted by Crippen LogP contribution is 2.30. The Bertz CT molecular complexity index is 840. The van der Waals surface area contributed by atoms with Crippen LogP contribution < -0.4 is 4.72 Å². The van der Waals surface area contributed by atoms with Gasteiger partial charge in [0, 0.05) is 19.0 Å². The summed E-state index contributed by atoms with van der Waals surface area (Å²) in [7, 11) is -3.41. The largest absolute Gasteiger partial charge is 0.416 e. The molecule has 0 radical (unpaired) electrons. The van der Waals surface area contributed by atoms with Crippen LogP contribution in [0.15, 0.2) is 24.3 Å². The van der Waals surface area contributed by atoms with Crippen molar-refractivity contribution in [3.63, 3.8) is 0 Å². The molecule has 0 spiro atoms. The van der Waals surface area contributed by atoms with Crippen molar-refractivity contribution in [1.82, 2.24) is 14.5 Å². The summed E-state index contributed by atoms with van der Waals surface area (Å²) in [6.45, 7) is 7.09. The van der Waals surface area contributed by atoms with Gasteiger partial charge in [-0.25, -0.2) is 8.42 Å². The molecule has 0 bridgehead atoms. The summed E-state index contributed by atoms with van der Waals surface area (Å²) in [5, 5.41) is 0. The monoisotopic (exact) mass is 477 g/mol. The summed E-state index contributed by atoms with van der Waals surface area (Å²) in [6, 6.07) is 5.61. The maximum absolute atomic E-state index is 13.0. The van der Waals surface area contributed by atoms with Gasteiger partial charge in [0.05, 0.1) is 18.0 Å². The van der Waals surface area contributed by atoms with E-state index >= 15 is 0 Å². The van der Waals surface area contributed by atoms with Crippen LogP contribution >= 0.6 is 0 Å². The van der Waals surface area contributed by atoms with Crippen LogP contribution in [0.4, 0.5) is 13.2 Å². The summed E-state index contributed by atoms with van der Waals surface area (Å²) < 4.78 is 64.7. The maximum Gasteiger partial charge on any atom is 0.416 e. The minimum absolute atomic E-state index is 0.0937. The van der Waals surface area contributed by atoms with Gasteiger partial charge in [-0.15, -0.1) is 0 Å². The smallest absolute Gasteiger partial charge is 0.303 e.